The van der Waals surface area contributed by atoms with Crippen molar-refractivity contribution in [1.82, 2.24) is 0 Å². The zero-order chi connectivity index (χ0) is 15.8. The first-order chi connectivity index (χ1) is 9.73. The minimum atomic E-state index is -3.10. The lowest BCUT2D eigenvalue weighted by molar-refractivity contribution is -0.137. The van der Waals surface area contributed by atoms with Crippen molar-refractivity contribution in [2.75, 3.05) is 14.2 Å². The maximum absolute atomic E-state index is 13.8. The van der Waals surface area contributed by atoms with Crippen LogP contribution in [0, 0.1) is 0 Å². The van der Waals surface area contributed by atoms with E-state index < -0.39 is 17.3 Å². The number of methoxy groups -OCH3 is 2. The van der Waals surface area contributed by atoms with Crippen LogP contribution in [0.2, 0.25) is 0 Å². The van der Waals surface area contributed by atoms with Gasteiger partial charge in [-0.2, -0.15) is 0 Å². The average molecular weight is 300 g/mol. The van der Waals surface area contributed by atoms with E-state index in [-0.39, 0.29) is 23.5 Å². The van der Waals surface area contributed by atoms with Crippen LogP contribution in [0.5, 0.6) is 11.5 Å². The lowest BCUT2D eigenvalue weighted by Crippen LogP contribution is -2.16. The van der Waals surface area contributed by atoms with E-state index >= 15 is 0 Å². The van der Waals surface area contributed by atoms with Crippen molar-refractivity contribution in [2.45, 2.75) is 37.5 Å². The van der Waals surface area contributed by atoms with Gasteiger partial charge in [0.25, 0.3) is 5.92 Å². The fourth-order valence-electron chi connectivity index (χ4n) is 2.60. The molecular weight excluding hydrogens is 282 g/mol. The number of alkyl halides is 2. The highest BCUT2D eigenvalue weighted by Crippen LogP contribution is 2.54. The van der Waals surface area contributed by atoms with Crippen LogP contribution < -0.4 is 9.47 Å². The molecule has 1 N–H and O–H groups in total. The molecule has 21 heavy (non-hydrogen) atoms. The molecule has 6 heteroatoms. The summed E-state index contributed by atoms with van der Waals surface area (Å²) in [5.74, 6) is -3.86. The number of carboxylic acids is 1. The Morgan fingerprint density at radius 1 is 1.33 bits per heavy atom. The summed E-state index contributed by atoms with van der Waals surface area (Å²) in [5, 5.41) is 9.00. The molecule has 0 unspecified atom stereocenters. The van der Waals surface area contributed by atoms with Crippen molar-refractivity contribution in [3.63, 3.8) is 0 Å². The van der Waals surface area contributed by atoms with Crippen LogP contribution >= 0.6 is 0 Å². The van der Waals surface area contributed by atoms with Gasteiger partial charge in [0.2, 0.25) is 0 Å². The Bertz CT molecular complexity index is 560. The monoisotopic (exact) mass is 300 g/mol. The molecule has 1 aliphatic carbocycles. The summed E-state index contributed by atoms with van der Waals surface area (Å²) in [6.07, 6.45) is 1.27. The summed E-state index contributed by atoms with van der Waals surface area (Å²) < 4.78 is 37.8. The van der Waals surface area contributed by atoms with E-state index in [9.17, 15) is 13.6 Å². The van der Waals surface area contributed by atoms with Gasteiger partial charge in [-0.15, -0.1) is 0 Å². The second-order valence-corrected chi connectivity index (χ2v) is 5.50. The third-order valence-corrected chi connectivity index (χ3v) is 3.91. The summed E-state index contributed by atoms with van der Waals surface area (Å²) in [6.45, 7) is 0.783. The van der Waals surface area contributed by atoms with E-state index in [4.69, 9.17) is 14.6 Å². The standard InChI is InChI=1S/C15H18F2O4/c1-14(16,17)10-6-9(7-11(20-2)13(10)21-3)15(4-5-15)8-12(18)19/h6-7H,4-5,8H2,1-3H3,(H,18,19). The van der Waals surface area contributed by atoms with Gasteiger partial charge >= 0.3 is 5.97 Å². The van der Waals surface area contributed by atoms with Gasteiger partial charge in [0.05, 0.1) is 26.2 Å². The molecule has 0 bridgehead atoms. The van der Waals surface area contributed by atoms with E-state index in [0.717, 1.165) is 6.92 Å². The van der Waals surface area contributed by atoms with E-state index in [2.05, 4.69) is 0 Å². The summed E-state index contributed by atoms with van der Waals surface area (Å²) in [6, 6.07) is 2.95. The van der Waals surface area contributed by atoms with Crippen LogP contribution in [0.15, 0.2) is 12.1 Å². The summed E-state index contributed by atoms with van der Waals surface area (Å²) in [5.41, 5.74) is -0.277. The minimum absolute atomic E-state index is 0.0140. The third-order valence-electron chi connectivity index (χ3n) is 3.91. The summed E-state index contributed by atoms with van der Waals surface area (Å²) in [7, 11) is 2.67. The van der Waals surface area contributed by atoms with Crippen LogP contribution in [0.4, 0.5) is 8.78 Å². The molecule has 116 valence electrons. The van der Waals surface area contributed by atoms with Crippen molar-refractivity contribution in [3.05, 3.63) is 23.3 Å². The Morgan fingerprint density at radius 2 is 1.95 bits per heavy atom. The highest BCUT2D eigenvalue weighted by atomic mass is 19.3. The molecular formula is C15H18F2O4. The van der Waals surface area contributed by atoms with E-state index in [1.165, 1.54) is 20.3 Å². The molecule has 0 saturated heterocycles. The van der Waals surface area contributed by atoms with E-state index in [1.54, 1.807) is 6.07 Å². The Labute approximate surface area is 121 Å². The maximum Gasteiger partial charge on any atom is 0.304 e. The quantitative estimate of drug-likeness (QED) is 0.875. The van der Waals surface area contributed by atoms with Gasteiger partial charge < -0.3 is 14.6 Å². The number of rotatable bonds is 6. The highest BCUT2D eigenvalue weighted by molar-refractivity contribution is 5.70. The smallest absolute Gasteiger partial charge is 0.304 e. The Morgan fingerprint density at radius 3 is 2.33 bits per heavy atom. The minimum Gasteiger partial charge on any atom is -0.493 e. The van der Waals surface area contributed by atoms with Crippen LogP contribution in [-0.2, 0) is 16.1 Å². The molecule has 1 aromatic rings. The second-order valence-electron chi connectivity index (χ2n) is 5.50. The van der Waals surface area contributed by atoms with Gasteiger partial charge in [-0.1, -0.05) is 0 Å². The number of carboxylic acid groups (broad SMARTS) is 1. The van der Waals surface area contributed by atoms with Crippen molar-refractivity contribution in [1.29, 1.82) is 0 Å². The molecule has 1 aromatic carbocycles. The summed E-state index contributed by atoms with van der Waals surface area (Å²) in [4.78, 5) is 11.0. The molecule has 0 atom stereocenters. The largest absolute Gasteiger partial charge is 0.493 e. The predicted octanol–water partition coefficient (Wildman–Crippen LogP) is 3.32. The number of ether oxygens (including phenoxy) is 2. The summed E-state index contributed by atoms with van der Waals surface area (Å²) >= 11 is 0. The number of aliphatic carboxylic acids is 1. The van der Waals surface area contributed by atoms with Crippen LogP contribution in [-0.4, -0.2) is 25.3 Å². The lowest BCUT2D eigenvalue weighted by atomic mass is 9.89. The van der Waals surface area contributed by atoms with Gasteiger partial charge in [0, 0.05) is 12.3 Å². The number of hydrogen-bond donors (Lipinski definition) is 1. The molecule has 1 aliphatic rings. The lowest BCUT2D eigenvalue weighted by Gasteiger charge is -2.22. The van der Waals surface area contributed by atoms with Crippen molar-refractivity contribution in [2.24, 2.45) is 0 Å². The van der Waals surface area contributed by atoms with Crippen molar-refractivity contribution in [3.8, 4) is 11.5 Å². The first kappa shape index (κ1) is 15.5. The van der Waals surface area contributed by atoms with Gasteiger partial charge in [0.15, 0.2) is 11.5 Å². The number of halogens is 2. The highest BCUT2D eigenvalue weighted by Gasteiger charge is 2.47. The van der Waals surface area contributed by atoms with Gasteiger partial charge in [0.1, 0.15) is 0 Å². The Kier molecular flexibility index (Phi) is 3.82. The van der Waals surface area contributed by atoms with Crippen LogP contribution in [0.25, 0.3) is 0 Å². The topological polar surface area (TPSA) is 55.8 Å². The third kappa shape index (κ3) is 2.94. The fourth-order valence-corrected chi connectivity index (χ4v) is 2.60. The van der Waals surface area contributed by atoms with E-state index in [0.29, 0.717) is 18.4 Å². The normalized spacial score (nSPS) is 16.4. The number of benzene rings is 1. The SMILES string of the molecule is COc1cc(C2(CC(=O)O)CC2)cc(C(C)(F)F)c1OC. The van der Waals surface area contributed by atoms with Crippen LogP contribution in [0.1, 0.15) is 37.3 Å². The molecule has 0 amide bonds. The first-order valence-corrected chi connectivity index (χ1v) is 6.60. The predicted molar refractivity (Wildman–Crippen MR) is 72.3 cm³/mol. The van der Waals surface area contributed by atoms with Crippen LogP contribution in [0.3, 0.4) is 0 Å². The average Bonchev–Trinajstić information content (AvgIpc) is 3.15. The maximum atomic E-state index is 13.8. The van der Waals surface area contributed by atoms with Gasteiger partial charge in [-0.25, -0.2) is 8.78 Å². The Balaban J connectivity index is 2.57. The fraction of sp³-hybridized carbons (Fsp3) is 0.533. The van der Waals surface area contributed by atoms with Crippen molar-refractivity contribution >= 4 is 5.97 Å². The molecule has 1 saturated carbocycles. The molecule has 0 aliphatic heterocycles. The second kappa shape index (κ2) is 5.16. The zero-order valence-corrected chi connectivity index (χ0v) is 12.2. The molecule has 0 heterocycles. The van der Waals surface area contributed by atoms with Crippen molar-refractivity contribution < 1.29 is 28.2 Å². The molecule has 1 fully saturated rings. The molecule has 4 nitrogen and oxygen atoms in total. The van der Waals surface area contributed by atoms with Gasteiger partial charge in [-0.05, 0) is 30.5 Å². The number of hydrogen-bond acceptors (Lipinski definition) is 3. The van der Waals surface area contributed by atoms with Gasteiger partial charge in [-0.3, -0.25) is 4.79 Å². The molecule has 0 spiro atoms. The zero-order valence-electron chi connectivity index (χ0n) is 12.2. The van der Waals surface area contributed by atoms with E-state index in [1.807, 2.05) is 0 Å². The molecule has 2 rings (SSSR count). The first-order valence-electron chi connectivity index (χ1n) is 6.60. The molecule has 0 radical (unpaired) electrons. The Hall–Kier alpha value is -1.85. The number of carbonyl (C=O) groups is 1. The molecule has 0 aromatic heterocycles.